The highest BCUT2D eigenvalue weighted by Crippen LogP contribution is 2.20. The van der Waals surface area contributed by atoms with Crippen LogP contribution in [0.15, 0.2) is 54.6 Å². The van der Waals surface area contributed by atoms with Crippen LogP contribution < -0.4 is 10.6 Å². The largest absolute Gasteiger partial charge is 0.465 e. The summed E-state index contributed by atoms with van der Waals surface area (Å²) in [4.78, 5) is 20.4. The Morgan fingerprint density at radius 2 is 1.77 bits per heavy atom. The molecule has 132 valence electrons. The van der Waals surface area contributed by atoms with Gasteiger partial charge in [-0.3, -0.25) is 0 Å². The summed E-state index contributed by atoms with van der Waals surface area (Å²) in [5.41, 5.74) is 2.54. The third kappa shape index (κ3) is 4.32. The molecular formula is C19H17FN4O2. The molecule has 0 saturated carbocycles. The molecule has 0 aliphatic carbocycles. The molecule has 0 aliphatic heterocycles. The SMILES string of the molecule is COC(=O)c1cccc(Nc2nc(C)cc(Nc3ccc(F)cc3)n2)c1. The standard InChI is InChI=1S/C19H17FN4O2/c1-12-10-17(22-15-8-6-14(20)7-9-15)24-19(21-12)23-16-5-3-4-13(11-16)18(25)26-2/h3-11H,1-2H3,(H2,21,22,23,24). The van der Waals surface area contributed by atoms with Gasteiger partial charge in [-0.15, -0.1) is 0 Å². The maximum absolute atomic E-state index is 13.0. The van der Waals surface area contributed by atoms with Crippen LogP contribution >= 0.6 is 0 Å². The number of methoxy groups -OCH3 is 1. The zero-order valence-corrected chi connectivity index (χ0v) is 14.3. The monoisotopic (exact) mass is 352 g/mol. The predicted molar refractivity (Wildman–Crippen MR) is 97.5 cm³/mol. The van der Waals surface area contributed by atoms with Crippen molar-refractivity contribution in [3.8, 4) is 0 Å². The van der Waals surface area contributed by atoms with E-state index in [9.17, 15) is 9.18 Å². The van der Waals surface area contributed by atoms with Crippen LogP contribution in [0.3, 0.4) is 0 Å². The number of esters is 1. The molecule has 3 aromatic rings. The van der Waals surface area contributed by atoms with Crippen LogP contribution in [0.2, 0.25) is 0 Å². The summed E-state index contributed by atoms with van der Waals surface area (Å²) in [6.45, 7) is 1.84. The van der Waals surface area contributed by atoms with Gasteiger partial charge in [0, 0.05) is 23.1 Å². The molecule has 0 unspecified atom stereocenters. The highest BCUT2D eigenvalue weighted by atomic mass is 19.1. The first-order valence-corrected chi connectivity index (χ1v) is 7.87. The van der Waals surface area contributed by atoms with Crippen LogP contribution in [0, 0.1) is 12.7 Å². The zero-order valence-electron chi connectivity index (χ0n) is 14.3. The van der Waals surface area contributed by atoms with Crippen molar-refractivity contribution in [3.63, 3.8) is 0 Å². The van der Waals surface area contributed by atoms with Crippen LogP contribution in [0.4, 0.5) is 27.5 Å². The molecule has 7 heteroatoms. The molecule has 3 rings (SSSR count). The quantitative estimate of drug-likeness (QED) is 0.670. The number of hydrogen-bond donors (Lipinski definition) is 2. The van der Waals surface area contributed by atoms with E-state index < -0.39 is 5.97 Å². The average Bonchev–Trinajstić information content (AvgIpc) is 2.63. The number of rotatable bonds is 5. The number of aromatic nitrogens is 2. The maximum atomic E-state index is 13.0. The van der Waals surface area contributed by atoms with E-state index in [1.54, 1.807) is 42.5 Å². The number of halogens is 1. The van der Waals surface area contributed by atoms with Gasteiger partial charge in [0.2, 0.25) is 5.95 Å². The summed E-state index contributed by atoms with van der Waals surface area (Å²) in [6, 6.07) is 14.6. The number of benzene rings is 2. The molecule has 0 amide bonds. The molecule has 0 bridgehead atoms. The van der Waals surface area contributed by atoms with Gasteiger partial charge in [-0.25, -0.2) is 14.2 Å². The van der Waals surface area contributed by atoms with Gasteiger partial charge in [-0.05, 0) is 49.4 Å². The Morgan fingerprint density at radius 3 is 2.50 bits per heavy atom. The summed E-state index contributed by atoms with van der Waals surface area (Å²) in [5.74, 6) is 0.215. The topological polar surface area (TPSA) is 76.1 Å². The van der Waals surface area contributed by atoms with E-state index in [1.807, 2.05) is 6.92 Å². The fourth-order valence-electron chi connectivity index (χ4n) is 2.34. The molecule has 6 nitrogen and oxygen atoms in total. The Kier molecular flexibility index (Phi) is 5.07. The van der Waals surface area contributed by atoms with Crippen molar-refractivity contribution >= 4 is 29.1 Å². The molecule has 1 heterocycles. The zero-order chi connectivity index (χ0) is 18.5. The molecule has 0 radical (unpaired) electrons. The Morgan fingerprint density at radius 1 is 1.00 bits per heavy atom. The number of carbonyl (C=O) groups is 1. The number of nitrogens with zero attached hydrogens (tertiary/aromatic N) is 2. The van der Waals surface area contributed by atoms with Gasteiger partial charge in [0.25, 0.3) is 0 Å². The van der Waals surface area contributed by atoms with E-state index >= 15 is 0 Å². The van der Waals surface area contributed by atoms with Crippen LogP contribution in [-0.2, 0) is 4.74 Å². The Hall–Kier alpha value is -3.48. The van der Waals surface area contributed by atoms with Gasteiger partial charge in [0.15, 0.2) is 0 Å². The maximum Gasteiger partial charge on any atom is 0.337 e. The summed E-state index contributed by atoms with van der Waals surface area (Å²) in [6.07, 6.45) is 0. The molecule has 0 atom stereocenters. The first-order valence-electron chi connectivity index (χ1n) is 7.87. The lowest BCUT2D eigenvalue weighted by molar-refractivity contribution is 0.0601. The summed E-state index contributed by atoms with van der Waals surface area (Å²) in [5, 5.41) is 6.17. The number of aryl methyl sites for hydroxylation is 1. The lowest BCUT2D eigenvalue weighted by Crippen LogP contribution is -2.04. The lowest BCUT2D eigenvalue weighted by atomic mass is 10.2. The first kappa shape index (κ1) is 17.3. The third-order valence-electron chi connectivity index (χ3n) is 3.51. The van der Waals surface area contributed by atoms with Crippen LogP contribution in [0.25, 0.3) is 0 Å². The van der Waals surface area contributed by atoms with Crippen molar-refractivity contribution < 1.29 is 13.9 Å². The van der Waals surface area contributed by atoms with Crippen LogP contribution in [-0.4, -0.2) is 23.0 Å². The molecule has 0 fully saturated rings. The summed E-state index contributed by atoms with van der Waals surface area (Å²) in [7, 11) is 1.33. The van der Waals surface area contributed by atoms with Crippen molar-refractivity contribution in [2.75, 3.05) is 17.7 Å². The van der Waals surface area contributed by atoms with Gasteiger partial charge < -0.3 is 15.4 Å². The van der Waals surface area contributed by atoms with Gasteiger partial charge in [-0.2, -0.15) is 4.98 Å². The first-order chi connectivity index (χ1) is 12.5. The molecule has 1 aromatic heterocycles. The van der Waals surface area contributed by atoms with Crippen molar-refractivity contribution in [1.82, 2.24) is 9.97 Å². The van der Waals surface area contributed by atoms with Gasteiger partial charge >= 0.3 is 5.97 Å². The second-order valence-electron chi connectivity index (χ2n) is 5.55. The lowest BCUT2D eigenvalue weighted by Gasteiger charge is -2.10. The minimum Gasteiger partial charge on any atom is -0.465 e. The highest BCUT2D eigenvalue weighted by molar-refractivity contribution is 5.90. The van der Waals surface area contributed by atoms with Gasteiger partial charge in [0.05, 0.1) is 12.7 Å². The fourth-order valence-corrected chi connectivity index (χ4v) is 2.34. The van der Waals surface area contributed by atoms with Crippen molar-refractivity contribution in [3.05, 3.63) is 71.7 Å². The molecular weight excluding hydrogens is 335 g/mol. The predicted octanol–water partition coefficient (Wildman–Crippen LogP) is 4.20. The molecule has 2 N–H and O–H groups in total. The minimum atomic E-state index is -0.419. The number of nitrogens with one attached hydrogen (secondary N) is 2. The van der Waals surface area contributed by atoms with E-state index in [2.05, 4.69) is 20.6 Å². The molecule has 0 aliphatic rings. The summed E-state index contributed by atoms with van der Waals surface area (Å²) < 4.78 is 17.7. The van der Waals surface area contributed by atoms with Gasteiger partial charge in [-0.1, -0.05) is 6.07 Å². The Bertz CT molecular complexity index is 929. The normalized spacial score (nSPS) is 10.3. The van der Waals surface area contributed by atoms with E-state index in [-0.39, 0.29) is 5.82 Å². The molecule has 2 aromatic carbocycles. The van der Waals surface area contributed by atoms with E-state index in [0.717, 1.165) is 5.69 Å². The van der Waals surface area contributed by atoms with Crippen LogP contribution in [0.1, 0.15) is 16.1 Å². The Labute approximate surface area is 150 Å². The molecule has 0 spiro atoms. The minimum absolute atomic E-state index is 0.303. The fraction of sp³-hybridized carbons (Fsp3) is 0.105. The smallest absolute Gasteiger partial charge is 0.337 e. The van der Waals surface area contributed by atoms with E-state index in [1.165, 1.54) is 19.2 Å². The average molecular weight is 352 g/mol. The highest BCUT2D eigenvalue weighted by Gasteiger charge is 2.08. The second-order valence-corrected chi connectivity index (χ2v) is 5.55. The van der Waals surface area contributed by atoms with Gasteiger partial charge in [0.1, 0.15) is 11.6 Å². The second kappa shape index (κ2) is 7.60. The number of ether oxygens (including phenoxy) is 1. The van der Waals surface area contributed by atoms with Crippen molar-refractivity contribution in [2.24, 2.45) is 0 Å². The third-order valence-corrected chi connectivity index (χ3v) is 3.51. The van der Waals surface area contributed by atoms with Crippen molar-refractivity contribution in [2.45, 2.75) is 6.92 Å². The molecule has 26 heavy (non-hydrogen) atoms. The Balaban J connectivity index is 1.81. The molecule has 0 saturated heterocycles. The number of hydrogen-bond acceptors (Lipinski definition) is 6. The van der Waals surface area contributed by atoms with E-state index in [4.69, 9.17) is 4.74 Å². The van der Waals surface area contributed by atoms with E-state index in [0.29, 0.717) is 28.7 Å². The number of carbonyl (C=O) groups excluding carboxylic acids is 1. The van der Waals surface area contributed by atoms with Crippen molar-refractivity contribution in [1.29, 1.82) is 0 Å². The summed E-state index contributed by atoms with van der Waals surface area (Å²) >= 11 is 0. The van der Waals surface area contributed by atoms with Crippen LogP contribution in [0.5, 0.6) is 0 Å². The number of anilines is 4.